The number of ether oxygens (including phenoxy) is 2. The van der Waals surface area contributed by atoms with E-state index in [1.807, 2.05) is 0 Å². The van der Waals surface area contributed by atoms with Crippen molar-refractivity contribution >= 4 is 33.6 Å². The fourth-order valence-corrected chi connectivity index (χ4v) is 2.75. The van der Waals surface area contributed by atoms with E-state index in [1.165, 1.54) is 24.7 Å². The third-order valence-electron chi connectivity index (χ3n) is 3.67. The lowest BCUT2D eigenvalue weighted by molar-refractivity contribution is -0.124. The van der Waals surface area contributed by atoms with E-state index >= 15 is 0 Å². The SMILES string of the molecule is CO[C@@H](/C=C/C(=O)NO)[C@@H](OC(=O)Nc1ccccc1)c1cc(Br)ccc1O. The largest absolute Gasteiger partial charge is 0.508 e. The second kappa shape index (κ2) is 10.5. The van der Waals surface area contributed by atoms with Gasteiger partial charge in [0.15, 0.2) is 6.10 Å². The van der Waals surface area contributed by atoms with Crippen LogP contribution in [0, 0.1) is 0 Å². The number of rotatable bonds is 7. The van der Waals surface area contributed by atoms with E-state index in [0.717, 1.165) is 6.08 Å². The highest BCUT2D eigenvalue weighted by Crippen LogP contribution is 2.33. The molecule has 0 saturated carbocycles. The van der Waals surface area contributed by atoms with E-state index in [2.05, 4.69) is 21.2 Å². The summed E-state index contributed by atoms with van der Waals surface area (Å²) in [7, 11) is 1.35. The van der Waals surface area contributed by atoms with E-state index in [9.17, 15) is 14.7 Å². The van der Waals surface area contributed by atoms with Crippen molar-refractivity contribution in [3.05, 3.63) is 70.7 Å². The van der Waals surface area contributed by atoms with Gasteiger partial charge in [-0.1, -0.05) is 34.1 Å². The van der Waals surface area contributed by atoms with Crippen LogP contribution in [0.3, 0.4) is 0 Å². The lowest BCUT2D eigenvalue weighted by atomic mass is 10.0. The maximum absolute atomic E-state index is 12.4. The van der Waals surface area contributed by atoms with Gasteiger partial charge in [-0.25, -0.2) is 10.3 Å². The second-order valence-electron chi connectivity index (χ2n) is 5.56. The quantitative estimate of drug-likeness (QED) is 0.291. The smallest absolute Gasteiger partial charge is 0.412 e. The number of phenolic OH excluding ortho intramolecular Hbond substituents is 1. The average molecular weight is 451 g/mol. The number of para-hydroxylation sites is 1. The number of aromatic hydroxyl groups is 1. The molecule has 2 aromatic rings. The number of hydrogen-bond donors (Lipinski definition) is 4. The maximum atomic E-state index is 12.4. The molecule has 8 nitrogen and oxygen atoms in total. The lowest BCUT2D eigenvalue weighted by Crippen LogP contribution is -2.27. The van der Waals surface area contributed by atoms with Crippen molar-refractivity contribution in [2.75, 3.05) is 12.4 Å². The van der Waals surface area contributed by atoms with Crippen LogP contribution in [0.4, 0.5) is 10.5 Å². The molecule has 0 spiro atoms. The Morgan fingerprint density at radius 2 is 1.89 bits per heavy atom. The molecule has 28 heavy (non-hydrogen) atoms. The van der Waals surface area contributed by atoms with E-state index in [1.54, 1.807) is 42.5 Å². The second-order valence-corrected chi connectivity index (χ2v) is 6.47. The summed E-state index contributed by atoms with van der Waals surface area (Å²) < 4.78 is 11.5. The van der Waals surface area contributed by atoms with Crippen molar-refractivity contribution in [2.45, 2.75) is 12.2 Å². The molecule has 2 atom stereocenters. The number of benzene rings is 2. The number of methoxy groups -OCH3 is 1. The van der Waals surface area contributed by atoms with Crippen molar-refractivity contribution in [1.82, 2.24) is 5.48 Å². The Labute approximate surface area is 169 Å². The first-order chi connectivity index (χ1) is 13.4. The van der Waals surface area contributed by atoms with Crippen LogP contribution in [0.5, 0.6) is 5.75 Å². The van der Waals surface area contributed by atoms with Gasteiger partial charge in [0.05, 0.1) is 0 Å². The topological polar surface area (TPSA) is 117 Å². The molecule has 148 valence electrons. The highest BCUT2D eigenvalue weighted by atomic mass is 79.9. The summed E-state index contributed by atoms with van der Waals surface area (Å²) in [5, 5.41) is 21.5. The number of hydroxylamine groups is 1. The van der Waals surface area contributed by atoms with E-state index in [4.69, 9.17) is 14.7 Å². The first-order valence-corrected chi connectivity index (χ1v) is 8.90. The van der Waals surface area contributed by atoms with E-state index < -0.39 is 24.2 Å². The Balaban J connectivity index is 2.31. The summed E-state index contributed by atoms with van der Waals surface area (Å²) in [6.45, 7) is 0. The van der Waals surface area contributed by atoms with Crippen LogP contribution in [0.2, 0.25) is 0 Å². The molecule has 0 bridgehead atoms. The van der Waals surface area contributed by atoms with Crippen LogP contribution < -0.4 is 10.8 Å². The van der Waals surface area contributed by atoms with Gasteiger partial charge in [-0.2, -0.15) is 0 Å². The normalized spacial score (nSPS) is 13.0. The van der Waals surface area contributed by atoms with Gasteiger partial charge >= 0.3 is 6.09 Å². The number of phenols is 1. The highest BCUT2D eigenvalue weighted by Gasteiger charge is 2.28. The molecule has 9 heteroatoms. The van der Waals surface area contributed by atoms with Crippen molar-refractivity contribution < 1.29 is 29.4 Å². The first kappa shape index (κ1) is 21.4. The lowest BCUT2D eigenvalue weighted by Gasteiger charge is -2.25. The third kappa shape index (κ3) is 6.08. The third-order valence-corrected chi connectivity index (χ3v) is 4.16. The molecule has 0 unspecified atom stereocenters. The van der Waals surface area contributed by atoms with Gasteiger partial charge in [0, 0.05) is 28.9 Å². The number of nitrogens with one attached hydrogen (secondary N) is 2. The van der Waals surface area contributed by atoms with Crippen molar-refractivity contribution in [3.63, 3.8) is 0 Å². The summed E-state index contributed by atoms with van der Waals surface area (Å²) in [5.41, 5.74) is 2.24. The number of amides is 2. The van der Waals surface area contributed by atoms with Crippen LogP contribution in [-0.4, -0.2) is 35.5 Å². The predicted molar refractivity (Wildman–Crippen MR) is 105 cm³/mol. The molecule has 0 fully saturated rings. The monoisotopic (exact) mass is 450 g/mol. The number of carbonyl (C=O) groups is 2. The summed E-state index contributed by atoms with van der Waals surface area (Å²) in [6, 6.07) is 13.3. The fourth-order valence-electron chi connectivity index (χ4n) is 2.37. The number of anilines is 1. The maximum Gasteiger partial charge on any atom is 0.412 e. The minimum Gasteiger partial charge on any atom is -0.508 e. The summed E-state index contributed by atoms with van der Waals surface area (Å²) in [6.07, 6.45) is -0.480. The van der Waals surface area contributed by atoms with Crippen molar-refractivity contribution in [1.29, 1.82) is 0 Å². The van der Waals surface area contributed by atoms with Gasteiger partial charge in [-0.05, 0) is 36.4 Å². The Kier molecular flexibility index (Phi) is 8.00. The van der Waals surface area contributed by atoms with E-state index in [-0.39, 0.29) is 11.3 Å². The van der Waals surface area contributed by atoms with Crippen molar-refractivity contribution in [3.8, 4) is 5.75 Å². The van der Waals surface area contributed by atoms with Gasteiger partial charge in [0.1, 0.15) is 11.9 Å². The standard InChI is InChI=1S/C19H19BrN2O6/c1-27-16(9-10-17(24)22-26)18(14-11-12(20)7-8-15(14)23)28-19(25)21-13-5-3-2-4-6-13/h2-11,16,18,23,26H,1H3,(H,21,25)(H,22,24)/b10-9+/t16-,18-/m0/s1. The molecule has 2 aromatic carbocycles. The molecule has 0 aliphatic rings. The molecule has 0 radical (unpaired) electrons. The molecule has 0 aliphatic carbocycles. The van der Waals surface area contributed by atoms with Gasteiger partial charge in [-0.15, -0.1) is 0 Å². The number of hydrogen-bond acceptors (Lipinski definition) is 6. The first-order valence-electron chi connectivity index (χ1n) is 8.10. The van der Waals surface area contributed by atoms with Crippen LogP contribution in [-0.2, 0) is 14.3 Å². The zero-order chi connectivity index (χ0) is 20.5. The average Bonchev–Trinajstić information content (AvgIpc) is 2.69. The van der Waals surface area contributed by atoms with Crippen molar-refractivity contribution in [2.24, 2.45) is 0 Å². The van der Waals surface area contributed by atoms with Gasteiger partial charge < -0.3 is 14.6 Å². The van der Waals surface area contributed by atoms with Crippen LogP contribution in [0.1, 0.15) is 11.7 Å². The Hall–Kier alpha value is -2.88. The van der Waals surface area contributed by atoms with E-state index in [0.29, 0.717) is 10.2 Å². The molecular formula is C19H19BrN2O6. The van der Waals surface area contributed by atoms with Gasteiger partial charge in [0.25, 0.3) is 5.91 Å². The molecule has 2 rings (SSSR count). The summed E-state index contributed by atoms with van der Waals surface area (Å²) in [5.74, 6) is -0.907. The number of carbonyl (C=O) groups excluding carboxylic acids is 2. The Morgan fingerprint density at radius 1 is 1.18 bits per heavy atom. The molecule has 0 heterocycles. The molecule has 0 aliphatic heterocycles. The molecule has 0 aromatic heterocycles. The molecular weight excluding hydrogens is 432 g/mol. The zero-order valence-corrected chi connectivity index (χ0v) is 16.4. The minimum atomic E-state index is -1.09. The molecule has 0 saturated heterocycles. The summed E-state index contributed by atoms with van der Waals surface area (Å²) in [4.78, 5) is 23.7. The fraction of sp³-hybridized carbons (Fsp3) is 0.158. The van der Waals surface area contributed by atoms with Crippen LogP contribution in [0.15, 0.2) is 65.2 Å². The minimum absolute atomic E-state index is 0.122. The molecule has 4 N–H and O–H groups in total. The highest BCUT2D eigenvalue weighted by molar-refractivity contribution is 9.10. The van der Waals surface area contributed by atoms with Gasteiger partial charge in [0.2, 0.25) is 0 Å². The Morgan fingerprint density at radius 3 is 2.54 bits per heavy atom. The van der Waals surface area contributed by atoms with Gasteiger partial charge in [-0.3, -0.25) is 15.3 Å². The zero-order valence-electron chi connectivity index (χ0n) is 14.8. The van der Waals surface area contributed by atoms with Crippen LogP contribution >= 0.6 is 15.9 Å². The number of halogens is 1. The summed E-state index contributed by atoms with van der Waals surface area (Å²) >= 11 is 3.31. The molecule has 2 amide bonds. The predicted octanol–water partition coefficient (Wildman–Crippen LogP) is 3.52. The Bertz CT molecular complexity index is 844. The van der Waals surface area contributed by atoms with Crippen LogP contribution in [0.25, 0.3) is 0 Å².